The number of aliphatic hydroxyl groups is 1. The molecule has 1 aromatic rings. The minimum absolute atomic E-state index is 0.0811. The van der Waals surface area contributed by atoms with Gasteiger partial charge in [0, 0.05) is 5.57 Å². The highest BCUT2D eigenvalue weighted by atomic mass is 16.5. The minimum atomic E-state index is -0.854. The molecule has 1 atom stereocenters. The molecule has 4 nitrogen and oxygen atoms in total. The van der Waals surface area contributed by atoms with Crippen LogP contribution >= 0.6 is 0 Å². The van der Waals surface area contributed by atoms with E-state index in [4.69, 9.17) is 9.47 Å². The molecule has 0 radical (unpaired) electrons. The van der Waals surface area contributed by atoms with E-state index in [9.17, 15) is 9.90 Å². The van der Waals surface area contributed by atoms with E-state index in [1.54, 1.807) is 6.92 Å². The maximum atomic E-state index is 11.2. The largest absolute Gasteiger partial charge is 0.491 e. The molecule has 0 amide bonds. The summed E-state index contributed by atoms with van der Waals surface area (Å²) in [5.41, 5.74) is 1.59. The van der Waals surface area contributed by atoms with Crippen molar-refractivity contribution in [2.24, 2.45) is 0 Å². The Labute approximate surface area is 126 Å². The summed E-state index contributed by atoms with van der Waals surface area (Å²) < 4.78 is 10.3. The van der Waals surface area contributed by atoms with E-state index in [2.05, 4.69) is 13.5 Å². The van der Waals surface area contributed by atoms with Crippen LogP contribution in [-0.2, 0) is 16.0 Å². The number of rotatable bonds is 9. The number of esters is 1. The quantitative estimate of drug-likeness (QED) is 0.561. The van der Waals surface area contributed by atoms with Crippen LogP contribution in [0.2, 0.25) is 0 Å². The molecule has 0 aliphatic rings. The first-order valence-corrected chi connectivity index (χ1v) is 7.25. The van der Waals surface area contributed by atoms with Gasteiger partial charge in [-0.15, -0.1) is 0 Å². The molecule has 0 bridgehead atoms. The van der Waals surface area contributed by atoms with E-state index in [0.717, 1.165) is 6.42 Å². The van der Waals surface area contributed by atoms with Crippen molar-refractivity contribution in [1.82, 2.24) is 0 Å². The molecule has 0 fully saturated rings. The van der Waals surface area contributed by atoms with Gasteiger partial charge >= 0.3 is 5.97 Å². The Bertz CT molecular complexity index is 450. The van der Waals surface area contributed by atoms with Gasteiger partial charge in [-0.25, -0.2) is 4.79 Å². The van der Waals surface area contributed by atoms with E-state index >= 15 is 0 Å². The van der Waals surface area contributed by atoms with E-state index < -0.39 is 12.1 Å². The SMILES string of the molecule is C=C(C)C(=O)OCC(O)COc1ccc(CCCC)cc1. The van der Waals surface area contributed by atoms with Crippen molar-refractivity contribution in [3.8, 4) is 5.75 Å². The third-order valence-corrected chi connectivity index (χ3v) is 2.94. The average Bonchev–Trinajstić information content (AvgIpc) is 2.49. The number of hydrogen-bond acceptors (Lipinski definition) is 4. The summed E-state index contributed by atoms with van der Waals surface area (Å²) in [5.74, 6) is 0.190. The molecule has 0 aromatic heterocycles. The second-order valence-electron chi connectivity index (χ2n) is 5.09. The lowest BCUT2D eigenvalue weighted by molar-refractivity contribution is -0.142. The van der Waals surface area contributed by atoms with Gasteiger partial charge < -0.3 is 14.6 Å². The van der Waals surface area contributed by atoms with Gasteiger partial charge in [0.1, 0.15) is 25.1 Å². The van der Waals surface area contributed by atoms with Crippen molar-refractivity contribution in [3.63, 3.8) is 0 Å². The van der Waals surface area contributed by atoms with E-state index in [1.807, 2.05) is 24.3 Å². The molecule has 0 spiro atoms. The van der Waals surface area contributed by atoms with Gasteiger partial charge in [-0.3, -0.25) is 0 Å². The van der Waals surface area contributed by atoms with Crippen LogP contribution in [0.3, 0.4) is 0 Å². The number of benzene rings is 1. The Morgan fingerprint density at radius 3 is 2.52 bits per heavy atom. The lowest BCUT2D eigenvalue weighted by Gasteiger charge is -2.13. The van der Waals surface area contributed by atoms with Crippen LogP contribution in [0.15, 0.2) is 36.4 Å². The molecule has 0 saturated heterocycles. The molecule has 1 aromatic carbocycles. The molecular weight excluding hydrogens is 268 g/mol. The first kappa shape index (κ1) is 17.2. The van der Waals surface area contributed by atoms with Gasteiger partial charge in [0.25, 0.3) is 0 Å². The van der Waals surface area contributed by atoms with Gasteiger partial charge in [0.2, 0.25) is 0 Å². The molecule has 0 aliphatic carbocycles. The second-order valence-corrected chi connectivity index (χ2v) is 5.09. The Morgan fingerprint density at radius 2 is 1.95 bits per heavy atom. The number of carbonyl (C=O) groups excluding carboxylic acids is 1. The van der Waals surface area contributed by atoms with Crippen molar-refractivity contribution < 1.29 is 19.4 Å². The highest BCUT2D eigenvalue weighted by molar-refractivity contribution is 5.86. The Balaban J connectivity index is 2.30. The van der Waals surface area contributed by atoms with E-state index in [0.29, 0.717) is 11.3 Å². The van der Waals surface area contributed by atoms with Crippen molar-refractivity contribution in [2.45, 2.75) is 39.2 Å². The predicted octanol–water partition coefficient (Wildman–Crippen LogP) is 2.89. The number of hydrogen-bond donors (Lipinski definition) is 1. The van der Waals surface area contributed by atoms with E-state index in [1.165, 1.54) is 18.4 Å². The third kappa shape index (κ3) is 6.95. The molecule has 4 heteroatoms. The van der Waals surface area contributed by atoms with Crippen LogP contribution in [0, 0.1) is 0 Å². The van der Waals surface area contributed by atoms with Crippen molar-refractivity contribution in [2.75, 3.05) is 13.2 Å². The van der Waals surface area contributed by atoms with Crippen LogP contribution in [0.4, 0.5) is 0 Å². The fourth-order valence-electron chi connectivity index (χ4n) is 1.67. The second kappa shape index (κ2) is 9.19. The molecule has 1 N–H and O–H groups in total. The highest BCUT2D eigenvalue weighted by Crippen LogP contribution is 2.14. The smallest absolute Gasteiger partial charge is 0.333 e. The summed E-state index contributed by atoms with van der Waals surface area (Å²) in [4.78, 5) is 11.2. The lowest BCUT2D eigenvalue weighted by Crippen LogP contribution is -2.25. The van der Waals surface area contributed by atoms with Crippen LogP contribution in [0.25, 0.3) is 0 Å². The number of aryl methyl sites for hydroxylation is 1. The molecule has 0 saturated carbocycles. The maximum absolute atomic E-state index is 11.2. The Kier molecular flexibility index (Phi) is 7.54. The zero-order chi connectivity index (χ0) is 15.7. The molecule has 1 rings (SSSR count). The summed E-state index contributed by atoms with van der Waals surface area (Å²) in [5, 5.41) is 9.68. The average molecular weight is 292 g/mol. The predicted molar refractivity (Wildman–Crippen MR) is 82.3 cm³/mol. The molecule has 1 unspecified atom stereocenters. The summed E-state index contributed by atoms with van der Waals surface area (Å²) in [7, 11) is 0. The van der Waals surface area contributed by atoms with Crippen LogP contribution in [-0.4, -0.2) is 30.4 Å². The molecule has 0 aliphatic heterocycles. The van der Waals surface area contributed by atoms with Crippen LogP contribution in [0.1, 0.15) is 32.3 Å². The Morgan fingerprint density at radius 1 is 1.29 bits per heavy atom. The molecule has 0 heterocycles. The minimum Gasteiger partial charge on any atom is -0.491 e. The molecule has 21 heavy (non-hydrogen) atoms. The van der Waals surface area contributed by atoms with Crippen LogP contribution in [0.5, 0.6) is 5.75 Å². The molecular formula is C17H24O4. The zero-order valence-corrected chi connectivity index (χ0v) is 12.8. The fourth-order valence-corrected chi connectivity index (χ4v) is 1.67. The first-order valence-electron chi connectivity index (χ1n) is 7.25. The topological polar surface area (TPSA) is 55.8 Å². The van der Waals surface area contributed by atoms with Gasteiger partial charge in [0.05, 0.1) is 0 Å². The number of ether oxygens (including phenoxy) is 2. The normalized spacial score (nSPS) is 11.8. The van der Waals surface area contributed by atoms with Gasteiger partial charge in [-0.05, 0) is 37.5 Å². The van der Waals surface area contributed by atoms with E-state index in [-0.39, 0.29) is 13.2 Å². The number of aliphatic hydroxyl groups excluding tert-OH is 1. The number of unbranched alkanes of at least 4 members (excludes halogenated alkanes) is 1. The molecule has 116 valence electrons. The van der Waals surface area contributed by atoms with Crippen molar-refractivity contribution >= 4 is 5.97 Å². The van der Waals surface area contributed by atoms with Gasteiger partial charge in [0.15, 0.2) is 0 Å². The summed E-state index contributed by atoms with van der Waals surface area (Å²) in [6.07, 6.45) is 2.56. The Hall–Kier alpha value is -1.81. The van der Waals surface area contributed by atoms with Crippen LogP contribution < -0.4 is 4.74 Å². The van der Waals surface area contributed by atoms with Gasteiger partial charge in [-0.2, -0.15) is 0 Å². The number of carbonyl (C=O) groups is 1. The fraction of sp³-hybridized carbons (Fsp3) is 0.471. The summed E-state index contributed by atoms with van der Waals surface area (Å²) in [6, 6.07) is 7.83. The van der Waals surface area contributed by atoms with Gasteiger partial charge in [-0.1, -0.05) is 32.1 Å². The monoisotopic (exact) mass is 292 g/mol. The highest BCUT2D eigenvalue weighted by Gasteiger charge is 2.10. The summed E-state index contributed by atoms with van der Waals surface area (Å²) in [6.45, 7) is 7.18. The van der Waals surface area contributed by atoms with Crippen molar-refractivity contribution in [1.29, 1.82) is 0 Å². The van der Waals surface area contributed by atoms with Crippen molar-refractivity contribution in [3.05, 3.63) is 42.0 Å². The maximum Gasteiger partial charge on any atom is 0.333 e. The lowest BCUT2D eigenvalue weighted by atomic mass is 10.1. The third-order valence-electron chi connectivity index (χ3n) is 2.94. The first-order chi connectivity index (χ1) is 10.0. The summed E-state index contributed by atoms with van der Waals surface area (Å²) >= 11 is 0. The zero-order valence-electron chi connectivity index (χ0n) is 12.8. The standard InChI is InChI=1S/C17H24O4/c1-4-5-6-14-7-9-16(10-8-14)20-11-15(18)12-21-17(19)13(2)3/h7-10,15,18H,2,4-6,11-12H2,1,3H3.